The Kier molecular flexibility index (Phi) is 4.85. The summed E-state index contributed by atoms with van der Waals surface area (Å²) in [5.41, 5.74) is 2.09. The number of nitrogens with zero attached hydrogens (tertiary/aromatic N) is 3. The third kappa shape index (κ3) is 3.59. The minimum atomic E-state index is -3.71. The first-order valence-electron chi connectivity index (χ1n) is 10.2. The van der Waals surface area contributed by atoms with Crippen LogP contribution in [0.2, 0.25) is 0 Å². The molecule has 33 heavy (non-hydrogen) atoms. The number of non-ortho nitro benzene ring substituents is 1. The van der Waals surface area contributed by atoms with Gasteiger partial charge >= 0.3 is 0 Å². The zero-order valence-electron chi connectivity index (χ0n) is 17.4. The van der Waals surface area contributed by atoms with Crippen LogP contribution in [-0.4, -0.2) is 33.5 Å². The maximum atomic E-state index is 15.1. The summed E-state index contributed by atoms with van der Waals surface area (Å²) >= 11 is 0. The standard InChI is InChI=1S/C22H18FN5O4S/c1-12-10-25-22(26-16-5-3-7-18(19(16)23)33(31,32)13-8-9-13)27-20(12)15-11-24-21-14(15)4-2-6-17(21)28(29)30/h2-7,10-11,13,24H,8-9H2,1H3,(H,25,26,27). The van der Waals surface area contributed by atoms with Crippen LogP contribution >= 0.6 is 0 Å². The van der Waals surface area contributed by atoms with Gasteiger partial charge in [0.1, 0.15) is 10.4 Å². The molecule has 0 radical (unpaired) electrons. The molecule has 0 unspecified atom stereocenters. The van der Waals surface area contributed by atoms with Crippen LogP contribution in [0.5, 0.6) is 0 Å². The molecule has 1 aliphatic rings. The summed E-state index contributed by atoms with van der Waals surface area (Å²) in [6.45, 7) is 1.79. The molecule has 1 saturated carbocycles. The number of benzene rings is 2. The normalized spacial score (nSPS) is 13.9. The second-order valence-corrected chi connectivity index (χ2v) is 10.1. The third-order valence-corrected chi connectivity index (χ3v) is 7.87. The van der Waals surface area contributed by atoms with Crippen molar-refractivity contribution in [3.63, 3.8) is 0 Å². The number of rotatable bonds is 6. The Hall–Kier alpha value is -3.86. The molecule has 0 bridgehead atoms. The van der Waals surface area contributed by atoms with E-state index in [0.717, 1.165) is 0 Å². The Balaban J connectivity index is 1.55. The van der Waals surface area contributed by atoms with E-state index in [4.69, 9.17) is 0 Å². The zero-order chi connectivity index (χ0) is 23.3. The highest BCUT2D eigenvalue weighted by molar-refractivity contribution is 7.92. The highest BCUT2D eigenvalue weighted by Gasteiger charge is 2.38. The average Bonchev–Trinajstić information content (AvgIpc) is 3.56. The molecule has 1 fully saturated rings. The molecule has 0 spiro atoms. The van der Waals surface area contributed by atoms with Crippen molar-refractivity contribution in [2.75, 3.05) is 5.32 Å². The summed E-state index contributed by atoms with van der Waals surface area (Å²) in [7, 11) is -3.71. The molecular formula is C22H18FN5O4S. The lowest BCUT2D eigenvalue weighted by Gasteiger charge is -2.11. The van der Waals surface area contributed by atoms with Gasteiger partial charge in [-0.15, -0.1) is 0 Å². The number of nitrogens with one attached hydrogen (secondary N) is 2. The fraction of sp³-hybridized carbons (Fsp3) is 0.182. The van der Waals surface area contributed by atoms with E-state index < -0.39 is 25.8 Å². The van der Waals surface area contributed by atoms with E-state index in [2.05, 4.69) is 20.3 Å². The van der Waals surface area contributed by atoms with Gasteiger partial charge in [0.15, 0.2) is 15.7 Å². The van der Waals surface area contributed by atoms with Gasteiger partial charge in [-0.1, -0.05) is 18.2 Å². The largest absolute Gasteiger partial charge is 0.355 e. The number of aromatic amines is 1. The highest BCUT2D eigenvalue weighted by Crippen LogP contribution is 2.37. The van der Waals surface area contributed by atoms with Gasteiger partial charge in [0.05, 0.1) is 21.6 Å². The predicted octanol–water partition coefficient (Wildman–Crippen LogP) is 4.66. The van der Waals surface area contributed by atoms with Crippen molar-refractivity contribution >= 4 is 38.1 Å². The van der Waals surface area contributed by atoms with Gasteiger partial charge in [-0.25, -0.2) is 22.8 Å². The van der Waals surface area contributed by atoms with E-state index in [1.165, 1.54) is 24.3 Å². The lowest BCUT2D eigenvalue weighted by Crippen LogP contribution is -2.11. The van der Waals surface area contributed by atoms with Gasteiger partial charge in [-0.05, 0) is 37.5 Å². The first-order valence-corrected chi connectivity index (χ1v) is 11.7. The minimum absolute atomic E-state index is 0.0545. The first kappa shape index (κ1) is 21.0. The van der Waals surface area contributed by atoms with Crippen molar-refractivity contribution in [1.82, 2.24) is 15.0 Å². The van der Waals surface area contributed by atoms with Crippen LogP contribution < -0.4 is 5.32 Å². The lowest BCUT2D eigenvalue weighted by atomic mass is 10.1. The van der Waals surface area contributed by atoms with E-state index in [0.29, 0.717) is 40.6 Å². The predicted molar refractivity (Wildman–Crippen MR) is 121 cm³/mol. The Bertz CT molecular complexity index is 1530. The van der Waals surface area contributed by atoms with E-state index in [1.807, 2.05) is 0 Å². The Morgan fingerprint density at radius 3 is 2.70 bits per heavy atom. The molecule has 11 heteroatoms. The molecule has 9 nitrogen and oxygen atoms in total. The molecule has 2 aromatic carbocycles. The molecule has 2 N–H and O–H groups in total. The summed E-state index contributed by atoms with van der Waals surface area (Å²) < 4.78 is 40.1. The number of para-hydroxylation sites is 1. The van der Waals surface area contributed by atoms with Gasteiger partial charge in [0, 0.05) is 29.4 Å². The van der Waals surface area contributed by atoms with Crippen LogP contribution in [-0.2, 0) is 9.84 Å². The summed E-state index contributed by atoms with van der Waals surface area (Å²) in [4.78, 5) is 22.1. The molecule has 4 aromatic rings. The van der Waals surface area contributed by atoms with Gasteiger partial charge < -0.3 is 10.3 Å². The Morgan fingerprint density at radius 1 is 1.21 bits per heavy atom. The Labute approximate surface area is 187 Å². The van der Waals surface area contributed by atoms with Crippen LogP contribution in [0.1, 0.15) is 18.4 Å². The highest BCUT2D eigenvalue weighted by atomic mass is 32.2. The van der Waals surface area contributed by atoms with Gasteiger partial charge in [-0.3, -0.25) is 10.1 Å². The monoisotopic (exact) mass is 467 g/mol. The molecule has 2 heterocycles. The van der Waals surface area contributed by atoms with Crippen molar-refractivity contribution in [2.45, 2.75) is 29.9 Å². The third-order valence-electron chi connectivity index (χ3n) is 5.60. The maximum absolute atomic E-state index is 15.1. The SMILES string of the molecule is Cc1cnc(Nc2cccc(S(=O)(=O)C3CC3)c2F)nc1-c1c[nH]c2c([N+](=O)[O-])cccc12. The lowest BCUT2D eigenvalue weighted by molar-refractivity contribution is -0.383. The number of nitro benzene ring substituents is 1. The Morgan fingerprint density at radius 2 is 1.97 bits per heavy atom. The van der Waals surface area contributed by atoms with Crippen molar-refractivity contribution in [3.05, 3.63) is 70.3 Å². The van der Waals surface area contributed by atoms with E-state index >= 15 is 4.39 Å². The van der Waals surface area contributed by atoms with Crippen LogP contribution in [0.4, 0.5) is 21.7 Å². The number of aryl methyl sites for hydroxylation is 1. The van der Waals surface area contributed by atoms with Gasteiger partial charge in [0.2, 0.25) is 5.95 Å². The molecule has 2 aromatic heterocycles. The van der Waals surface area contributed by atoms with Crippen LogP contribution in [0.15, 0.2) is 53.7 Å². The zero-order valence-corrected chi connectivity index (χ0v) is 18.2. The van der Waals surface area contributed by atoms with Crippen molar-refractivity contribution in [2.24, 2.45) is 0 Å². The number of nitro groups is 1. The number of fused-ring (bicyclic) bond motifs is 1. The molecule has 0 atom stereocenters. The van der Waals surface area contributed by atoms with Crippen LogP contribution in [0, 0.1) is 22.9 Å². The number of sulfone groups is 1. The van der Waals surface area contributed by atoms with E-state index in [1.54, 1.807) is 31.5 Å². The summed E-state index contributed by atoms with van der Waals surface area (Å²) in [6, 6.07) is 8.89. The number of halogens is 1. The number of H-pyrrole nitrogens is 1. The fourth-order valence-corrected chi connectivity index (χ4v) is 5.51. The quantitative estimate of drug-likeness (QED) is 0.311. The topological polar surface area (TPSA) is 131 Å². The van der Waals surface area contributed by atoms with Crippen molar-refractivity contribution in [1.29, 1.82) is 0 Å². The van der Waals surface area contributed by atoms with Crippen LogP contribution in [0.25, 0.3) is 22.2 Å². The first-order chi connectivity index (χ1) is 15.8. The second kappa shape index (κ2) is 7.62. The molecular weight excluding hydrogens is 449 g/mol. The second-order valence-electron chi connectivity index (χ2n) is 7.87. The minimum Gasteiger partial charge on any atom is -0.355 e. The molecule has 168 valence electrons. The summed E-state index contributed by atoms with van der Waals surface area (Å²) in [5.74, 6) is -0.812. The smallest absolute Gasteiger partial charge is 0.293 e. The molecule has 0 amide bonds. The molecule has 0 aliphatic heterocycles. The van der Waals surface area contributed by atoms with Gasteiger partial charge in [0.25, 0.3) is 5.69 Å². The summed E-state index contributed by atoms with van der Waals surface area (Å²) in [6.07, 6.45) is 4.24. The number of hydrogen-bond acceptors (Lipinski definition) is 7. The number of hydrogen-bond donors (Lipinski definition) is 2. The maximum Gasteiger partial charge on any atom is 0.293 e. The van der Waals surface area contributed by atoms with Crippen molar-refractivity contribution < 1.29 is 17.7 Å². The summed E-state index contributed by atoms with van der Waals surface area (Å²) in [5, 5.41) is 14.2. The number of anilines is 2. The van der Waals surface area contributed by atoms with Crippen molar-refractivity contribution in [3.8, 4) is 11.3 Å². The molecule has 1 aliphatic carbocycles. The van der Waals surface area contributed by atoms with Gasteiger partial charge in [-0.2, -0.15) is 0 Å². The fourth-order valence-electron chi connectivity index (χ4n) is 3.77. The average molecular weight is 467 g/mol. The van der Waals surface area contributed by atoms with E-state index in [9.17, 15) is 18.5 Å². The molecule has 5 rings (SSSR count). The van der Waals surface area contributed by atoms with E-state index in [-0.39, 0.29) is 22.2 Å². The molecule has 0 saturated heterocycles. The number of aromatic nitrogens is 3. The van der Waals surface area contributed by atoms with Crippen LogP contribution in [0.3, 0.4) is 0 Å².